The van der Waals surface area contributed by atoms with Crippen LogP contribution in [-0.4, -0.2) is 15.6 Å². The summed E-state index contributed by atoms with van der Waals surface area (Å²) in [5, 5.41) is 0. The molecule has 0 radical (unpaired) electrons. The maximum absolute atomic E-state index is 6.35. The lowest BCUT2D eigenvalue weighted by Gasteiger charge is -2.26. The molecule has 0 spiro atoms. The molecule has 0 saturated carbocycles. The summed E-state index contributed by atoms with van der Waals surface area (Å²) in [7, 11) is 0. The first-order valence-corrected chi connectivity index (χ1v) is 7.35. The molecule has 1 heterocycles. The van der Waals surface area contributed by atoms with Gasteiger partial charge in [-0.3, -0.25) is 0 Å². The zero-order valence-corrected chi connectivity index (χ0v) is 13.2. The minimum absolute atomic E-state index is 0.0709. The summed E-state index contributed by atoms with van der Waals surface area (Å²) in [6, 6.07) is 8.54. The smallest absolute Gasteiger partial charge is 0.0957 e. The molecule has 0 aliphatic heterocycles. The number of hydrogen-bond acceptors (Lipinski definition) is 2. The van der Waals surface area contributed by atoms with Gasteiger partial charge in [0.15, 0.2) is 0 Å². The summed E-state index contributed by atoms with van der Waals surface area (Å²) in [5.74, 6) is 0. The molecule has 2 rings (SSSR count). The van der Waals surface area contributed by atoms with E-state index in [4.69, 9.17) is 5.73 Å². The number of benzene rings is 1. The Hall–Kier alpha value is -1.13. The van der Waals surface area contributed by atoms with Gasteiger partial charge in [-0.05, 0) is 38.0 Å². The highest BCUT2D eigenvalue weighted by molar-refractivity contribution is 9.10. The highest BCUT2D eigenvalue weighted by Crippen LogP contribution is 2.27. The second kappa shape index (κ2) is 5.88. The third kappa shape index (κ3) is 2.90. The van der Waals surface area contributed by atoms with Crippen molar-refractivity contribution in [1.29, 1.82) is 0 Å². The van der Waals surface area contributed by atoms with Crippen molar-refractivity contribution in [2.45, 2.75) is 39.3 Å². The molecule has 19 heavy (non-hydrogen) atoms. The maximum Gasteiger partial charge on any atom is 0.0957 e. The minimum atomic E-state index is 0.0709. The quantitative estimate of drug-likeness (QED) is 0.935. The molecule has 2 N–H and O–H groups in total. The Kier molecular flexibility index (Phi) is 4.42. The van der Waals surface area contributed by atoms with Crippen molar-refractivity contribution in [1.82, 2.24) is 9.55 Å². The molecular formula is C15H20BrN3. The van der Waals surface area contributed by atoms with Crippen LogP contribution in [0.1, 0.15) is 36.3 Å². The van der Waals surface area contributed by atoms with Gasteiger partial charge in [-0.25, -0.2) is 4.98 Å². The van der Waals surface area contributed by atoms with Gasteiger partial charge < -0.3 is 10.3 Å². The Morgan fingerprint density at radius 2 is 2.11 bits per heavy atom. The third-order valence-corrected chi connectivity index (χ3v) is 4.15. The van der Waals surface area contributed by atoms with E-state index in [2.05, 4.69) is 51.5 Å². The van der Waals surface area contributed by atoms with Crippen molar-refractivity contribution < 1.29 is 0 Å². The van der Waals surface area contributed by atoms with Crippen molar-refractivity contribution in [3.05, 3.63) is 52.0 Å². The van der Waals surface area contributed by atoms with Crippen LogP contribution in [0.3, 0.4) is 0 Å². The second-order valence-corrected chi connectivity index (χ2v) is 5.81. The zero-order valence-electron chi connectivity index (χ0n) is 11.6. The fourth-order valence-corrected chi connectivity index (χ4v) is 2.74. The second-order valence-electron chi connectivity index (χ2n) is 4.89. The van der Waals surface area contributed by atoms with Crippen LogP contribution >= 0.6 is 15.9 Å². The van der Waals surface area contributed by atoms with E-state index in [1.54, 1.807) is 0 Å². The number of hydrogen-bond donors (Lipinski definition) is 1. The maximum atomic E-state index is 6.35. The van der Waals surface area contributed by atoms with Gasteiger partial charge in [-0.2, -0.15) is 0 Å². The number of nitrogens with two attached hydrogens (primary N) is 1. The molecule has 2 unspecified atom stereocenters. The van der Waals surface area contributed by atoms with Gasteiger partial charge in [0.05, 0.1) is 18.1 Å². The highest BCUT2D eigenvalue weighted by atomic mass is 79.9. The van der Waals surface area contributed by atoms with Gasteiger partial charge in [0, 0.05) is 16.2 Å². The first-order chi connectivity index (χ1) is 9.04. The number of aryl methyl sites for hydroxylation is 1. The van der Waals surface area contributed by atoms with Gasteiger partial charge in [0.25, 0.3) is 0 Å². The zero-order chi connectivity index (χ0) is 14.0. The van der Waals surface area contributed by atoms with E-state index in [1.807, 2.05) is 25.4 Å². The van der Waals surface area contributed by atoms with E-state index >= 15 is 0 Å². The first-order valence-electron chi connectivity index (χ1n) is 6.55. The lowest BCUT2D eigenvalue weighted by atomic mass is 9.97. The Morgan fingerprint density at radius 3 is 2.63 bits per heavy atom. The molecule has 102 valence electrons. The van der Waals surface area contributed by atoms with Crippen LogP contribution in [0.25, 0.3) is 0 Å². The van der Waals surface area contributed by atoms with E-state index < -0.39 is 0 Å². The molecule has 0 fully saturated rings. The Labute approximate surface area is 123 Å². The fraction of sp³-hybridized carbons (Fsp3) is 0.400. The van der Waals surface area contributed by atoms with E-state index in [1.165, 1.54) is 11.3 Å². The van der Waals surface area contributed by atoms with Crippen LogP contribution in [0.15, 0.2) is 35.1 Å². The van der Waals surface area contributed by atoms with Crippen molar-refractivity contribution >= 4 is 15.9 Å². The number of halogens is 1. The predicted octanol–water partition coefficient (Wildman–Crippen LogP) is 3.59. The van der Waals surface area contributed by atoms with Gasteiger partial charge >= 0.3 is 0 Å². The number of imidazole rings is 1. The lowest BCUT2D eigenvalue weighted by molar-refractivity contribution is 0.451. The van der Waals surface area contributed by atoms with E-state index in [-0.39, 0.29) is 12.1 Å². The van der Waals surface area contributed by atoms with E-state index in [0.29, 0.717) is 0 Å². The molecular weight excluding hydrogens is 302 g/mol. The standard InChI is InChI=1S/C15H20BrN3/c1-4-14(17)15(12-6-5-7-13(16)8-12)19-9-18-10(2)11(19)3/h5-9,14-15H,4,17H2,1-3H3. The Bertz CT molecular complexity index is 562. The van der Waals surface area contributed by atoms with Crippen molar-refractivity contribution in [2.75, 3.05) is 0 Å². The molecule has 0 aliphatic carbocycles. The van der Waals surface area contributed by atoms with Crippen molar-refractivity contribution in [3.63, 3.8) is 0 Å². The molecule has 1 aromatic carbocycles. The van der Waals surface area contributed by atoms with Gasteiger partial charge in [-0.15, -0.1) is 0 Å². The Balaban J connectivity index is 2.50. The van der Waals surface area contributed by atoms with Crippen molar-refractivity contribution in [3.8, 4) is 0 Å². The third-order valence-electron chi connectivity index (χ3n) is 3.65. The van der Waals surface area contributed by atoms with Crippen LogP contribution in [0.2, 0.25) is 0 Å². The molecule has 0 amide bonds. The van der Waals surface area contributed by atoms with Crippen LogP contribution < -0.4 is 5.73 Å². The van der Waals surface area contributed by atoms with Gasteiger partial charge in [0.2, 0.25) is 0 Å². The predicted molar refractivity (Wildman–Crippen MR) is 82.2 cm³/mol. The molecule has 0 saturated heterocycles. The SMILES string of the molecule is CCC(N)C(c1cccc(Br)c1)n1cnc(C)c1C. The van der Waals surface area contributed by atoms with Crippen LogP contribution in [-0.2, 0) is 0 Å². The molecule has 0 bridgehead atoms. The van der Waals surface area contributed by atoms with Crippen LogP contribution in [0, 0.1) is 13.8 Å². The molecule has 3 nitrogen and oxygen atoms in total. The highest BCUT2D eigenvalue weighted by Gasteiger charge is 2.22. The number of aromatic nitrogens is 2. The topological polar surface area (TPSA) is 43.8 Å². The summed E-state index contributed by atoms with van der Waals surface area (Å²) in [6.45, 7) is 6.24. The monoisotopic (exact) mass is 321 g/mol. The summed E-state index contributed by atoms with van der Waals surface area (Å²) in [5.41, 5.74) is 9.79. The largest absolute Gasteiger partial charge is 0.326 e. The van der Waals surface area contributed by atoms with Gasteiger partial charge in [0.1, 0.15) is 0 Å². The summed E-state index contributed by atoms with van der Waals surface area (Å²) >= 11 is 3.53. The fourth-order valence-electron chi connectivity index (χ4n) is 2.32. The van der Waals surface area contributed by atoms with Crippen LogP contribution in [0.5, 0.6) is 0 Å². The van der Waals surface area contributed by atoms with E-state index in [0.717, 1.165) is 16.6 Å². The Morgan fingerprint density at radius 1 is 1.37 bits per heavy atom. The summed E-state index contributed by atoms with van der Waals surface area (Å²) in [4.78, 5) is 4.40. The minimum Gasteiger partial charge on any atom is -0.326 e. The first kappa shape index (κ1) is 14.3. The number of rotatable bonds is 4. The normalized spacial score (nSPS) is 14.4. The molecule has 1 aromatic heterocycles. The lowest BCUT2D eigenvalue weighted by Crippen LogP contribution is -2.32. The summed E-state index contributed by atoms with van der Waals surface area (Å²) < 4.78 is 3.26. The van der Waals surface area contributed by atoms with Crippen LogP contribution in [0.4, 0.5) is 0 Å². The number of nitrogens with zero attached hydrogens (tertiary/aromatic N) is 2. The van der Waals surface area contributed by atoms with Crippen molar-refractivity contribution in [2.24, 2.45) is 5.73 Å². The average Bonchev–Trinajstić information content (AvgIpc) is 2.71. The molecule has 2 atom stereocenters. The molecule has 2 aromatic rings. The average molecular weight is 322 g/mol. The van der Waals surface area contributed by atoms with Gasteiger partial charge in [-0.1, -0.05) is 35.0 Å². The van der Waals surface area contributed by atoms with E-state index in [9.17, 15) is 0 Å². The molecule has 4 heteroatoms. The summed E-state index contributed by atoms with van der Waals surface area (Å²) in [6.07, 6.45) is 2.82. The molecule has 0 aliphatic rings.